The van der Waals surface area contributed by atoms with E-state index in [0.717, 1.165) is 33.8 Å². The Morgan fingerprint density at radius 1 is 1.14 bits per heavy atom. The van der Waals surface area contributed by atoms with Gasteiger partial charge in [-0.05, 0) is 31.1 Å². The van der Waals surface area contributed by atoms with Crippen LogP contribution in [-0.4, -0.2) is 35.7 Å². The molecule has 0 radical (unpaired) electrons. The lowest BCUT2D eigenvalue weighted by molar-refractivity contribution is -0.385. The molecule has 0 spiro atoms. The number of non-ortho nitro benzene ring substituents is 1. The Balaban J connectivity index is 1.64. The fourth-order valence-electron chi connectivity index (χ4n) is 3.69. The second kappa shape index (κ2) is 6.88. The van der Waals surface area contributed by atoms with Gasteiger partial charge in [0.2, 0.25) is 10.0 Å². The number of aromatic nitrogens is 1. The number of aromatic amines is 1. The maximum Gasteiger partial charge on any atom is 0.270 e. The lowest BCUT2D eigenvalue weighted by atomic mass is 9.97. The largest absolute Gasteiger partial charge is 0.358 e. The minimum Gasteiger partial charge on any atom is -0.358 e. The SMILES string of the molecule is Cc1[nH]c2ccccc2c1C1=CCN(S(=O)(=O)c2cccc([N+](=O)[O-])c2)CC1. The molecular weight excluding hydrogens is 378 g/mol. The summed E-state index contributed by atoms with van der Waals surface area (Å²) in [4.78, 5) is 13.7. The van der Waals surface area contributed by atoms with Gasteiger partial charge in [-0.2, -0.15) is 4.31 Å². The lowest BCUT2D eigenvalue weighted by Gasteiger charge is -2.26. The zero-order valence-electron chi connectivity index (χ0n) is 15.3. The minimum atomic E-state index is -3.79. The third kappa shape index (κ3) is 3.10. The molecule has 3 aromatic rings. The number of hydrogen-bond acceptors (Lipinski definition) is 4. The summed E-state index contributed by atoms with van der Waals surface area (Å²) in [5.74, 6) is 0. The van der Waals surface area contributed by atoms with Crippen LogP contribution in [0, 0.1) is 17.0 Å². The van der Waals surface area contributed by atoms with Gasteiger partial charge in [0, 0.05) is 47.4 Å². The number of fused-ring (bicyclic) bond motifs is 1. The molecule has 8 heteroatoms. The number of rotatable bonds is 4. The Bertz CT molecular complexity index is 1210. The van der Waals surface area contributed by atoms with E-state index >= 15 is 0 Å². The average Bonchev–Trinajstić information content (AvgIpc) is 3.04. The molecule has 144 valence electrons. The van der Waals surface area contributed by atoms with Crippen LogP contribution in [0.4, 0.5) is 5.69 Å². The second-order valence-corrected chi connectivity index (χ2v) is 8.71. The third-order valence-corrected chi connectivity index (χ3v) is 6.91. The van der Waals surface area contributed by atoms with Gasteiger partial charge < -0.3 is 4.98 Å². The number of nitro groups is 1. The summed E-state index contributed by atoms with van der Waals surface area (Å²) in [6, 6.07) is 13.2. The monoisotopic (exact) mass is 397 g/mol. The summed E-state index contributed by atoms with van der Waals surface area (Å²) in [5.41, 5.74) is 4.12. The number of nitrogens with one attached hydrogen (secondary N) is 1. The summed E-state index contributed by atoms with van der Waals surface area (Å²) in [6.07, 6.45) is 2.51. The second-order valence-electron chi connectivity index (χ2n) is 6.77. The zero-order valence-corrected chi connectivity index (χ0v) is 16.1. The summed E-state index contributed by atoms with van der Waals surface area (Å²) >= 11 is 0. The van der Waals surface area contributed by atoms with Gasteiger partial charge in [0.05, 0.1) is 9.82 Å². The molecule has 7 nitrogen and oxygen atoms in total. The van der Waals surface area contributed by atoms with Crippen LogP contribution in [-0.2, 0) is 10.0 Å². The first-order valence-corrected chi connectivity index (χ1v) is 10.3. The van der Waals surface area contributed by atoms with Crippen molar-refractivity contribution >= 4 is 32.2 Å². The van der Waals surface area contributed by atoms with Crippen molar-refractivity contribution in [1.29, 1.82) is 0 Å². The predicted molar refractivity (Wildman–Crippen MR) is 107 cm³/mol. The highest BCUT2D eigenvalue weighted by Gasteiger charge is 2.28. The maximum absolute atomic E-state index is 12.9. The van der Waals surface area contributed by atoms with Crippen LogP contribution >= 0.6 is 0 Å². The molecule has 0 amide bonds. The van der Waals surface area contributed by atoms with Crippen LogP contribution in [0.2, 0.25) is 0 Å². The molecule has 1 aliphatic heterocycles. The molecule has 1 aliphatic rings. The van der Waals surface area contributed by atoms with E-state index in [2.05, 4.69) is 11.1 Å². The van der Waals surface area contributed by atoms with Crippen molar-refractivity contribution < 1.29 is 13.3 Å². The topological polar surface area (TPSA) is 96.3 Å². The van der Waals surface area contributed by atoms with Gasteiger partial charge in [-0.1, -0.05) is 30.3 Å². The molecule has 2 heterocycles. The number of sulfonamides is 1. The molecule has 0 saturated heterocycles. The zero-order chi connectivity index (χ0) is 19.9. The molecule has 0 aliphatic carbocycles. The first-order chi connectivity index (χ1) is 13.4. The number of hydrogen-bond donors (Lipinski definition) is 1. The van der Waals surface area contributed by atoms with Gasteiger partial charge in [0.15, 0.2) is 0 Å². The van der Waals surface area contributed by atoms with Crippen molar-refractivity contribution in [3.63, 3.8) is 0 Å². The molecule has 4 rings (SSSR count). The van der Waals surface area contributed by atoms with Gasteiger partial charge in [0.25, 0.3) is 5.69 Å². The van der Waals surface area contributed by atoms with Gasteiger partial charge in [-0.15, -0.1) is 0 Å². The molecule has 0 bridgehead atoms. The van der Waals surface area contributed by atoms with Crippen molar-refractivity contribution in [2.24, 2.45) is 0 Å². The number of nitrogens with zero attached hydrogens (tertiary/aromatic N) is 2. The van der Waals surface area contributed by atoms with E-state index in [1.165, 1.54) is 22.5 Å². The van der Waals surface area contributed by atoms with Crippen LogP contribution in [0.3, 0.4) is 0 Å². The number of nitro benzene ring substituents is 1. The molecule has 1 aromatic heterocycles. The highest BCUT2D eigenvalue weighted by molar-refractivity contribution is 7.89. The van der Waals surface area contributed by atoms with Crippen LogP contribution in [0.5, 0.6) is 0 Å². The number of H-pyrrole nitrogens is 1. The van der Waals surface area contributed by atoms with E-state index in [-0.39, 0.29) is 17.1 Å². The van der Waals surface area contributed by atoms with Gasteiger partial charge in [0.1, 0.15) is 0 Å². The fraction of sp³-hybridized carbons (Fsp3) is 0.200. The van der Waals surface area contributed by atoms with E-state index < -0.39 is 14.9 Å². The predicted octanol–water partition coefficient (Wildman–Crippen LogP) is 3.86. The lowest BCUT2D eigenvalue weighted by Crippen LogP contribution is -2.34. The van der Waals surface area contributed by atoms with Crippen LogP contribution < -0.4 is 0 Å². The summed E-state index contributed by atoms with van der Waals surface area (Å²) < 4.78 is 27.2. The quantitative estimate of drug-likeness (QED) is 0.534. The Kier molecular flexibility index (Phi) is 4.52. The van der Waals surface area contributed by atoms with Gasteiger partial charge in [-0.3, -0.25) is 10.1 Å². The van der Waals surface area contributed by atoms with Crippen molar-refractivity contribution in [3.05, 3.63) is 76.0 Å². The van der Waals surface area contributed by atoms with Crippen molar-refractivity contribution in [2.75, 3.05) is 13.1 Å². The highest BCUT2D eigenvalue weighted by Crippen LogP contribution is 2.33. The standard InChI is InChI=1S/C20H19N3O4S/c1-14-20(18-7-2-3-8-19(18)21-14)15-9-11-22(12-10-15)28(26,27)17-6-4-5-16(13-17)23(24)25/h2-9,13,21H,10-12H2,1H3. The Labute approximate surface area is 162 Å². The maximum atomic E-state index is 12.9. The Morgan fingerprint density at radius 2 is 1.93 bits per heavy atom. The fourth-order valence-corrected chi connectivity index (χ4v) is 5.11. The van der Waals surface area contributed by atoms with Crippen molar-refractivity contribution in [2.45, 2.75) is 18.2 Å². The first-order valence-electron chi connectivity index (χ1n) is 8.89. The summed E-state index contributed by atoms with van der Waals surface area (Å²) in [7, 11) is -3.79. The molecule has 2 aromatic carbocycles. The van der Waals surface area contributed by atoms with Crippen LogP contribution in [0.25, 0.3) is 16.5 Å². The smallest absolute Gasteiger partial charge is 0.270 e. The molecule has 0 fully saturated rings. The first kappa shape index (κ1) is 18.4. The minimum absolute atomic E-state index is 0.0539. The van der Waals surface area contributed by atoms with E-state index in [0.29, 0.717) is 13.0 Å². The van der Waals surface area contributed by atoms with E-state index in [9.17, 15) is 18.5 Å². The normalized spacial score (nSPS) is 15.5. The number of benzene rings is 2. The summed E-state index contributed by atoms with van der Waals surface area (Å²) in [6.45, 7) is 2.58. The highest BCUT2D eigenvalue weighted by atomic mass is 32.2. The average molecular weight is 397 g/mol. The van der Waals surface area contributed by atoms with Crippen molar-refractivity contribution in [3.8, 4) is 0 Å². The molecule has 28 heavy (non-hydrogen) atoms. The molecule has 0 unspecified atom stereocenters. The molecule has 1 N–H and O–H groups in total. The third-order valence-electron chi connectivity index (χ3n) is 5.05. The Hall–Kier alpha value is -2.97. The number of aryl methyl sites for hydroxylation is 1. The van der Waals surface area contributed by atoms with E-state index in [1.54, 1.807) is 0 Å². The molecule has 0 saturated carbocycles. The molecule has 0 atom stereocenters. The van der Waals surface area contributed by atoms with Gasteiger partial charge >= 0.3 is 0 Å². The van der Waals surface area contributed by atoms with Crippen LogP contribution in [0.15, 0.2) is 59.5 Å². The van der Waals surface area contributed by atoms with Gasteiger partial charge in [-0.25, -0.2) is 8.42 Å². The molecular formula is C20H19N3O4S. The van der Waals surface area contributed by atoms with E-state index in [1.807, 2.05) is 31.2 Å². The Morgan fingerprint density at radius 3 is 2.64 bits per heavy atom. The van der Waals surface area contributed by atoms with E-state index in [4.69, 9.17) is 0 Å². The van der Waals surface area contributed by atoms with Crippen LogP contribution in [0.1, 0.15) is 17.7 Å². The van der Waals surface area contributed by atoms with Crippen molar-refractivity contribution in [1.82, 2.24) is 9.29 Å². The number of para-hydroxylation sites is 1. The summed E-state index contributed by atoms with van der Waals surface area (Å²) in [5, 5.41) is 12.1.